The van der Waals surface area contributed by atoms with E-state index in [1.807, 2.05) is 0 Å². The maximum atomic E-state index is 12.5. The molecule has 1 aliphatic rings. The summed E-state index contributed by atoms with van der Waals surface area (Å²) < 4.78 is 27.6. The topological polar surface area (TPSA) is 75.3 Å². The molecule has 1 aliphatic carbocycles. The van der Waals surface area contributed by atoms with E-state index in [4.69, 9.17) is 11.6 Å². The van der Waals surface area contributed by atoms with Gasteiger partial charge >= 0.3 is 0 Å². The average Bonchev–Trinajstić information content (AvgIpc) is 2.46. The summed E-state index contributed by atoms with van der Waals surface area (Å²) in [6, 6.07) is 4.51. The molecule has 0 aromatic heterocycles. The Kier molecular flexibility index (Phi) is 5.94. The minimum atomic E-state index is -3.80. The number of nitrogens with one attached hydrogen (secondary N) is 2. The summed E-state index contributed by atoms with van der Waals surface area (Å²) in [5.41, 5.74) is -0.332. The lowest BCUT2D eigenvalue weighted by Crippen LogP contribution is -2.40. The summed E-state index contributed by atoms with van der Waals surface area (Å²) in [5, 5.41) is 3.08. The lowest BCUT2D eigenvalue weighted by molar-refractivity contribution is 0.0927. The first kappa shape index (κ1) is 19.2. The van der Waals surface area contributed by atoms with Gasteiger partial charge in [-0.15, -0.1) is 0 Å². The third kappa shape index (κ3) is 5.19. The maximum absolute atomic E-state index is 12.5. The van der Waals surface area contributed by atoms with Gasteiger partial charge in [-0.25, -0.2) is 13.1 Å². The molecule has 0 unspecified atom stereocenters. The van der Waals surface area contributed by atoms with Crippen LogP contribution in [0.4, 0.5) is 0 Å². The molecule has 1 fully saturated rings. The van der Waals surface area contributed by atoms with Gasteiger partial charge in [-0.3, -0.25) is 4.79 Å². The minimum Gasteiger partial charge on any atom is -0.349 e. The van der Waals surface area contributed by atoms with Crippen LogP contribution >= 0.6 is 11.6 Å². The van der Waals surface area contributed by atoms with Crippen molar-refractivity contribution in [1.29, 1.82) is 0 Å². The fraction of sp³-hybridized carbons (Fsp3) is 0.588. The summed E-state index contributed by atoms with van der Waals surface area (Å²) in [5.74, 6) is -0.259. The third-order valence-electron chi connectivity index (χ3n) is 3.86. The van der Waals surface area contributed by atoms with Crippen LogP contribution in [0.5, 0.6) is 0 Å². The second-order valence-electron chi connectivity index (χ2n) is 7.31. The van der Waals surface area contributed by atoms with Crippen LogP contribution in [0.25, 0.3) is 0 Å². The second kappa shape index (κ2) is 7.42. The van der Waals surface area contributed by atoms with Crippen molar-refractivity contribution in [3.05, 3.63) is 28.8 Å². The molecule has 0 radical (unpaired) electrons. The Labute approximate surface area is 149 Å². The van der Waals surface area contributed by atoms with Crippen LogP contribution in [0.3, 0.4) is 0 Å². The Morgan fingerprint density at radius 1 is 1.17 bits per heavy atom. The van der Waals surface area contributed by atoms with Gasteiger partial charge in [-0.2, -0.15) is 0 Å². The Hall–Kier alpha value is -1.11. The first-order valence-electron chi connectivity index (χ1n) is 8.23. The van der Waals surface area contributed by atoms with Crippen LogP contribution in [0.1, 0.15) is 63.2 Å². The van der Waals surface area contributed by atoms with Gasteiger partial charge in [0.1, 0.15) is 4.90 Å². The zero-order valence-corrected chi connectivity index (χ0v) is 15.9. The first-order chi connectivity index (χ1) is 11.1. The number of carbonyl (C=O) groups is 1. The van der Waals surface area contributed by atoms with Crippen molar-refractivity contribution in [1.82, 2.24) is 10.0 Å². The van der Waals surface area contributed by atoms with Gasteiger partial charge in [0.2, 0.25) is 10.0 Å². The lowest BCUT2D eigenvalue weighted by atomic mass is 9.95. The summed E-state index contributed by atoms with van der Waals surface area (Å²) in [7, 11) is -3.80. The van der Waals surface area contributed by atoms with Crippen molar-refractivity contribution in [2.75, 3.05) is 0 Å². The summed E-state index contributed by atoms with van der Waals surface area (Å²) in [4.78, 5) is 12.3. The highest BCUT2D eigenvalue weighted by atomic mass is 35.5. The molecule has 24 heavy (non-hydrogen) atoms. The van der Waals surface area contributed by atoms with Crippen LogP contribution in [0, 0.1) is 0 Å². The number of carbonyl (C=O) groups excluding carboxylic acids is 1. The molecule has 0 atom stereocenters. The van der Waals surface area contributed by atoms with E-state index >= 15 is 0 Å². The van der Waals surface area contributed by atoms with Crippen LogP contribution in [-0.2, 0) is 10.0 Å². The van der Waals surface area contributed by atoms with Crippen LogP contribution in [-0.4, -0.2) is 25.9 Å². The highest BCUT2D eigenvalue weighted by molar-refractivity contribution is 7.89. The van der Waals surface area contributed by atoms with E-state index < -0.39 is 15.6 Å². The Morgan fingerprint density at radius 2 is 1.79 bits per heavy atom. The van der Waals surface area contributed by atoms with Gasteiger partial charge in [0.05, 0.1) is 5.02 Å². The van der Waals surface area contributed by atoms with Crippen LogP contribution in [0.15, 0.2) is 23.1 Å². The largest absolute Gasteiger partial charge is 0.349 e. The van der Waals surface area contributed by atoms with Gasteiger partial charge in [-0.1, -0.05) is 30.9 Å². The number of benzene rings is 1. The Balaban J connectivity index is 2.23. The average molecular weight is 373 g/mol. The quantitative estimate of drug-likeness (QED) is 0.849. The van der Waals surface area contributed by atoms with Crippen molar-refractivity contribution in [3.8, 4) is 0 Å². The molecule has 0 spiro atoms. The van der Waals surface area contributed by atoms with E-state index in [-0.39, 0.29) is 21.9 Å². The van der Waals surface area contributed by atoms with Gasteiger partial charge in [-0.05, 0) is 51.8 Å². The van der Waals surface area contributed by atoms with Crippen LogP contribution < -0.4 is 10.0 Å². The van der Waals surface area contributed by atoms with E-state index in [9.17, 15) is 13.2 Å². The van der Waals surface area contributed by atoms with Crippen molar-refractivity contribution in [2.24, 2.45) is 0 Å². The van der Waals surface area contributed by atoms with E-state index in [2.05, 4.69) is 10.0 Å². The molecular formula is C17H25ClN2O3S. The molecule has 2 rings (SSSR count). The molecular weight excluding hydrogens is 348 g/mol. The van der Waals surface area contributed by atoms with Gasteiger partial charge in [0.25, 0.3) is 5.91 Å². The summed E-state index contributed by atoms with van der Waals surface area (Å²) in [6.45, 7) is 5.24. The van der Waals surface area contributed by atoms with Crippen LogP contribution in [0.2, 0.25) is 5.02 Å². The summed E-state index contributed by atoms with van der Waals surface area (Å²) in [6.07, 6.45) is 5.36. The van der Waals surface area contributed by atoms with Crippen molar-refractivity contribution in [3.63, 3.8) is 0 Å². The number of hydrogen-bond donors (Lipinski definition) is 2. The molecule has 1 aromatic rings. The van der Waals surface area contributed by atoms with E-state index in [1.54, 1.807) is 26.8 Å². The molecule has 7 heteroatoms. The van der Waals surface area contributed by atoms with E-state index in [1.165, 1.54) is 18.6 Å². The second-order valence-corrected chi connectivity index (χ2v) is 9.37. The zero-order valence-electron chi connectivity index (χ0n) is 14.4. The highest BCUT2D eigenvalue weighted by Gasteiger charge is 2.26. The number of rotatable bonds is 4. The third-order valence-corrected chi connectivity index (χ3v) is 6.10. The Bertz CT molecular complexity index is 705. The number of amides is 1. The van der Waals surface area contributed by atoms with Crippen molar-refractivity contribution < 1.29 is 13.2 Å². The molecule has 5 nitrogen and oxygen atoms in total. The molecule has 1 amide bonds. The number of sulfonamides is 1. The zero-order chi connectivity index (χ0) is 18.0. The Morgan fingerprint density at radius 3 is 2.38 bits per heavy atom. The predicted molar refractivity (Wildman–Crippen MR) is 95.9 cm³/mol. The SMILES string of the molecule is CC(C)(C)NS(=O)(=O)c1cc(C(=O)NC2CCCCC2)ccc1Cl. The minimum absolute atomic E-state index is 0.0737. The molecule has 0 aliphatic heterocycles. The molecule has 0 bridgehead atoms. The first-order valence-corrected chi connectivity index (χ1v) is 10.1. The van der Waals surface area contributed by atoms with Crippen molar-refractivity contribution in [2.45, 2.75) is 69.4 Å². The number of hydrogen-bond acceptors (Lipinski definition) is 3. The molecule has 1 saturated carbocycles. The number of halogens is 1. The molecule has 0 heterocycles. The highest BCUT2D eigenvalue weighted by Crippen LogP contribution is 2.24. The molecule has 1 aromatic carbocycles. The molecule has 0 saturated heterocycles. The maximum Gasteiger partial charge on any atom is 0.251 e. The standard InChI is InChI=1S/C17H25ClN2O3S/c1-17(2,3)20-24(22,23)15-11-12(9-10-14(15)18)16(21)19-13-7-5-4-6-8-13/h9-11,13,20H,4-8H2,1-3H3,(H,19,21). The fourth-order valence-electron chi connectivity index (χ4n) is 2.82. The molecule has 2 N–H and O–H groups in total. The van der Waals surface area contributed by atoms with Crippen molar-refractivity contribution >= 4 is 27.5 Å². The van der Waals surface area contributed by atoms with Gasteiger partial charge in [0, 0.05) is 17.1 Å². The smallest absolute Gasteiger partial charge is 0.251 e. The van der Waals surface area contributed by atoms with Gasteiger partial charge in [0.15, 0.2) is 0 Å². The lowest BCUT2D eigenvalue weighted by Gasteiger charge is -2.23. The molecule has 134 valence electrons. The fourth-order valence-corrected chi connectivity index (χ4v) is 4.77. The van der Waals surface area contributed by atoms with Gasteiger partial charge < -0.3 is 5.32 Å². The summed E-state index contributed by atoms with van der Waals surface area (Å²) >= 11 is 6.06. The normalized spacial score (nSPS) is 16.8. The monoisotopic (exact) mass is 372 g/mol. The van der Waals surface area contributed by atoms with E-state index in [0.29, 0.717) is 5.56 Å². The van der Waals surface area contributed by atoms with E-state index in [0.717, 1.165) is 25.7 Å². The predicted octanol–water partition coefficient (Wildman–Crippen LogP) is 3.48.